The number of hydrogen-bond acceptors (Lipinski definition) is 9. The molecule has 0 saturated heterocycles. The molecule has 0 radical (unpaired) electrons. The van der Waals surface area contributed by atoms with E-state index in [1.54, 1.807) is 24.6 Å². The number of amides is 4. The lowest BCUT2D eigenvalue weighted by Crippen LogP contribution is -2.40. The van der Waals surface area contributed by atoms with E-state index in [9.17, 15) is 24.0 Å². The van der Waals surface area contributed by atoms with Crippen molar-refractivity contribution in [3.63, 3.8) is 0 Å². The number of thiazole rings is 1. The summed E-state index contributed by atoms with van der Waals surface area (Å²) in [6.07, 6.45) is 2.33. The van der Waals surface area contributed by atoms with Crippen LogP contribution in [0.3, 0.4) is 0 Å². The average molecular weight is 688 g/mol. The van der Waals surface area contributed by atoms with E-state index in [0.29, 0.717) is 30.2 Å². The Bertz CT molecular complexity index is 1860. The van der Waals surface area contributed by atoms with Crippen molar-refractivity contribution in [3.05, 3.63) is 104 Å². The second kappa shape index (κ2) is 15.9. The topological polar surface area (TPSA) is 169 Å². The molecule has 4 bridgehead atoms. The highest BCUT2D eigenvalue weighted by molar-refractivity contribution is 7.09. The van der Waals surface area contributed by atoms with Crippen LogP contribution in [0.25, 0.3) is 0 Å². The van der Waals surface area contributed by atoms with Crippen molar-refractivity contribution in [2.75, 3.05) is 19.6 Å². The molecule has 1 aromatic carbocycles. The number of carbonyl (C=O) groups excluding carboxylic acids is 4. The van der Waals surface area contributed by atoms with E-state index in [2.05, 4.69) is 25.9 Å². The first-order valence-corrected chi connectivity index (χ1v) is 17.3. The van der Waals surface area contributed by atoms with E-state index in [0.717, 1.165) is 5.56 Å². The first-order valence-electron chi connectivity index (χ1n) is 16.4. The minimum Gasteiger partial charge on any atom is -0.443 e. The fraction of sp³-hybridized carbons (Fsp3) is 0.400. The minimum absolute atomic E-state index is 0.0698. The third kappa shape index (κ3) is 8.68. The summed E-state index contributed by atoms with van der Waals surface area (Å²) in [4.78, 5) is 76.6. The third-order valence-electron chi connectivity index (χ3n) is 8.29. The van der Waals surface area contributed by atoms with Gasteiger partial charge < -0.3 is 29.8 Å². The Morgan fingerprint density at radius 2 is 1.82 bits per heavy atom. The highest BCUT2D eigenvalue weighted by Gasteiger charge is 2.29. The first kappa shape index (κ1) is 35.2. The van der Waals surface area contributed by atoms with Crippen molar-refractivity contribution in [3.8, 4) is 0 Å². The molecule has 2 atom stereocenters. The summed E-state index contributed by atoms with van der Waals surface area (Å²) in [5.74, 6) is -1.13. The number of hydrogen-bond donors (Lipinski definition) is 3. The van der Waals surface area contributed by atoms with Gasteiger partial charge in [-0.15, -0.1) is 11.3 Å². The molecule has 1 aliphatic heterocycles. The Hall–Kier alpha value is -5.11. The quantitative estimate of drug-likeness (QED) is 0.285. The van der Waals surface area contributed by atoms with Crippen LogP contribution in [0.4, 0.5) is 0 Å². The summed E-state index contributed by atoms with van der Waals surface area (Å²) in [7, 11) is 0. The second-order valence-electron chi connectivity index (χ2n) is 12.2. The van der Waals surface area contributed by atoms with Crippen LogP contribution in [-0.2, 0) is 17.8 Å². The number of benzene rings is 1. The van der Waals surface area contributed by atoms with Crippen LogP contribution in [0.2, 0.25) is 0 Å². The van der Waals surface area contributed by atoms with Crippen molar-refractivity contribution in [2.45, 2.75) is 65.6 Å². The van der Waals surface area contributed by atoms with Crippen LogP contribution in [0.15, 0.2) is 63.3 Å². The Kier molecular flexibility index (Phi) is 11.4. The zero-order chi connectivity index (χ0) is 35.1. The van der Waals surface area contributed by atoms with Gasteiger partial charge in [-0.2, -0.15) is 0 Å². The zero-order valence-corrected chi connectivity index (χ0v) is 28.8. The van der Waals surface area contributed by atoms with E-state index in [1.165, 1.54) is 26.9 Å². The molecular formula is C35H41N7O6S. The summed E-state index contributed by atoms with van der Waals surface area (Å²) < 4.78 is 7.49. The molecule has 0 saturated carbocycles. The maximum Gasteiger partial charge on any atom is 0.274 e. The maximum atomic E-state index is 13.6. The maximum absolute atomic E-state index is 13.6. The van der Waals surface area contributed by atoms with Crippen LogP contribution in [0, 0.1) is 12.8 Å². The Morgan fingerprint density at radius 3 is 2.53 bits per heavy atom. The molecule has 0 aliphatic carbocycles. The number of aryl methyl sites for hydroxylation is 2. The fourth-order valence-corrected chi connectivity index (χ4v) is 6.60. The number of aromatic nitrogens is 3. The lowest BCUT2D eigenvalue weighted by Gasteiger charge is -2.23. The van der Waals surface area contributed by atoms with E-state index >= 15 is 0 Å². The van der Waals surface area contributed by atoms with Gasteiger partial charge in [0.2, 0.25) is 11.8 Å². The van der Waals surface area contributed by atoms with Gasteiger partial charge in [0.1, 0.15) is 22.5 Å². The van der Waals surface area contributed by atoms with Crippen LogP contribution < -0.4 is 21.5 Å². The largest absolute Gasteiger partial charge is 0.443 e. The van der Waals surface area contributed by atoms with Crippen molar-refractivity contribution in [1.82, 2.24) is 35.4 Å². The molecule has 4 amide bonds. The Labute approximate surface area is 288 Å². The Morgan fingerprint density at radius 1 is 1.04 bits per heavy atom. The summed E-state index contributed by atoms with van der Waals surface area (Å²) >= 11 is 1.26. The van der Waals surface area contributed by atoms with Crippen molar-refractivity contribution >= 4 is 35.0 Å². The van der Waals surface area contributed by atoms with Gasteiger partial charge in [0.15, 0.2) is 5.69 Å². The molecule has 0 unspecified atom stereocenters. The predicted octanol–water partition coefficient (Wildman–Crippen LogP) is 3.81. The molecule has 5 rings (SSSR count). The molecule has 0 fully saturated rings. The highest BCUT2D eigenvalue weighted by atomic mass is 32.1. The molecule has 3 N–H and O–H groups in total. The van der Waals surface area contributed by atoms with Gasteiger partial charge in [-0.3, -0.25) is 24.0 Å². The number of nitrogens with zero attached hydrogens (tertiary/aromatic N) is 4. The standard InChI is InChI=1S/C35H41N7O6S/c1-5-41-16-13-24(19-28(41)44)35(47)42-15-9-12-27(43)37-25(18-23-10-7-6-8-11-23)33-40-30(22(4)48-33)32(46)39-29(21(2)3)34-38-26(20-49-34)31(45)36-14-17-42/h6-8,10-11,13,16,19-21,25,29H,5,9,12,14-15,17-18H2,1-4H3,(H,36,45)(H,37,43)(H,39,46)/t25-,29-/m0/s1. The van der Waals surface area contributed by atoms with Gasteiger partial charge in [-0.1, -0.05) is 44.2 Å². The number of fused-ring (bicyclic) bond motifs is 4. The van der Waals surface area contributed by atoms with Crippen molar-refractivity contribution < 1.29 is 23.6 Å². The van der Waals surface area contributed by atoms with E-state index in [4.69, 9.17) is 4.42 Å². The number of pyridine rings is 1. The number of nitrogens with one attached hydrogen (secondary N) is 3. The van der Waals surface area contributed by atoms with Crippen LogP contribution >= 0.6 is 11.3 Å². The van der Waals surface area contributed by atoms with Gasteiger partial charge in [0, 0.05) is 62.2 Å². The van der Waals surface area contributed by atoms with Gasteiger partial charge in [-0.05, 0) is 37.8 Å². The summed E-state index contributed by atoms with van der Waals surface area (Å²) in [5, 5.41) is 11.0. The number of carbonyl (C=O) groups is 4. The lowest BCUT2D eigenvalue weighted by atomic mass is 10.0. The number of rotatable bonds is 5. The first-order chi connectivity index (χ1) is 23.5. The molecular weight excluding hydrogens is 646 g/mol. The van der Waals surface area contributed by atoms with Crippen LogP contribution in [-0.4, -0.2) is 62.7 Å². The highest BCUT2D eigenvalue weighted by Crippen LogP contribution is 2.27. The van der Waals surface area contributed by atoms with E-state index in [-0.39, 0.29) is 72.2 Å². The van der Waals surface area contributed by atoms with Gasteiger partial charge >= 0.3 is 0 Å². The minimum atomic E-state index is -0.666. The monoisotopic (exact) mass is 687 g/mol. The number of oxazole rings is 1. The SMILES string of the molecule is CCn1ccc(C(=O)N2CCCC(=O)N[C@@H](Cc3ccccc3)c3nc(c(C)o3)C(=O)N[C@@H](C(C)C)c3nc(cs3)C(=O)NCC2)cc1=O. The van der Waals surface area contributed by atoms with Gasteiger partial charge in [0.05, 0.1) is 6.04 Å². The fourth-order valence-electron chi connectivity index (χ4n) is 5.58. The molecule has 49 heavy (non-hydrogen) atoms. The molecule has 1 aliphatic rings. The molecule has 258 valence electrons. The summed E-state index contributed by atoms with van der Waals surface area (Å²) in [6, 6.07) is 11.3. The normalized spacial score (nSPS) is 18.1. The Balaban J connectivity index is 1.46. The second-order valence-corrected chi connectivity index (χ2v) is 13.1. The smallest absolute Gasteiger partial charge is 0.274 e. The third-order valence-corrected chi connectivity index (χ3v) is 9.22. The zero-order valence-electron chi connectivity index (χ0n) is 28.0. The summed E-state index contributed by atoms with van der Waals surface area (Å²) in [5.41, 5.74) is 1.16. The van der Waals surface area contributed by atoms with E-state index in [1.807, 2.05) is 51.1 Å². The lowest BCUT2D eigenvalue weighted by molar-refractivity contribution is -0.122. The van der Waals surface area contributed by atoms with Crippen LogP contribution in [0.5, 0.6) is 0 Å². The molecule has 0 spiro atoms. The van der Waals surface area contributed by atoms with Crippen LogP contribution in [0.1, 0.15) is 99.3 Å². The molecule has 4 aromatic rings. The van der Waals surface area contributed by atoms with Crippen molar-refractivity contribution in [2.24, 2.45) is 5.92 Å². The average Bonchev–Trinajstić information content (AvgIpc) is 3.73. The van der Waals surface area contributed by atoms with Gasteiger partial charge in [-0.25, -0.2) is 9.97 Å². The van der Waals surface area contributed by atoms with Gasteiger partial charge in [0.25, 0.3) is 23.3 Å². The van der Waals surface area contributed by atoms with Crippen molar-refractivity contribution in [1.29, 1.82) is 0 Å². The molecule has 4 heterocycles. The molecule has 3 aromatic heterocycles. The molecule has 14 heteroatoms. The predicted molar refractivity (Wildman–Crippen MR) is 183 cm³/mol. The molecule has 13 nitrogen and oxygen atoms in total. The van der Waals surface area contributed by atoms with E-state index < -0.39 is 23.9 Å². The summed E-state index contributed by atoms with van der Waals surface area (Å²) in [6.45, 7) is 8.28.